The van der Waals surface area contributed by atoms with Gasteiger partial charge in [0.05, 0.1) is 12.2 Å². The third-order valence-corrected chi connectivity index (χ3v) is 3.31. The molecule has 118 valence electrons. The largest absolute Gasteiger partial charge is 0.461 e. The van der Waals surface area contributed by atoms with E-state index in [2.05, 4.69) is 25.9 Å². The summed E-state index contributed by atoms with van der Waals surface area (Å²) in [6.45, 7) is 3.45. The van der Waals surface area contributed by atoms with Gasteiger partial charge in [0, 0.05) is 15.7 Å². The Bertz CT molecular complexity index is 711. The van der Waals surface area contributed by atoms with E-state index in [1.54, 1.807) is 13.8 Å². The number of hydrogen-bond acceptors (Lipinski definition) is 3. The fourth-order valence-corrected chi connectivity index (χ4v) is 2.38. The lowest BCUT2D eigenvalue weighted by Gasteiger charge is -2.08. The summed E-state index contributed by atoms with van der Waals surface area (Å²) < 4.78 is 43.7. The molecule has 22 heavy (non-hydrogen) atoms. The van der Waals surface area contributed by atoms with Crippen LogP contribution in [0.15, 0.2) is 22.7 Å². The maximum Gasteiger partial charge on any atom is 0.416 e. The summed E-state index contributed by atoms with van der Waals surface area (Å²) in [5.74, 6) is -0.444. The molecule has 1 N–H and O–H groups in total. The van der Waals surface area contributed by atoms with Crippen LogP contribution in [0.25, 0.3) is 11.4 Å². The van der Waals surface area contributed by atoms with Gasteiger partial charge < -0.3 is 9.72 Å². The number of carbonyl (C=O) groups is 1. The maximum atomic E-state index is 12.9. The van der Waals surface area contributed by atoms with Crippen molar-refractivity contribution in [1.29, 1.82) is 0 Å². The molecule has 0 amide bonds. The second kappa shape index (κ2) is 6.12. The van der Waals surface area contributed by atoms with Gasteiger partial charge in [-0.2, -0.15) is 13.2 Å². The van der Waals surface area contributed by atoms with Crippen LogP contribution in [0.1, 0.15) is 28.7 Å². The highest BCUT2D eigenvalue weighted by Gasteiger charge is 2.31. The van der Waals surface area contributed by atoms with Crippen LogP contribution in [-0.2, 0) is 10.9 Å². The van der Waals surface area contributed by atoms with E-state index in [9.17, 15) is 18.0 Å². The predicted molar refractivity (Wildman–Crippen MR) is 77.4 cm³/mol. The van der Waals surface area contributed by atoms with Gasteiger partial charge >= 0.3 is 12.1 Å². The fraction of sp³-hybridized carbons (Fsp3) is 0.286. The van der Waals surface area contributed by atoms with Crippen molar-refractivity contribution in [2.75, 3.05) is 6.61 Å². The molecule has 0 saturated carbocycles. The number of imidazole rings is 1. The van der Waals surface area contributed by atoms with Gasteiger partial charge in [-0.05, 0) is 32.0 Å². The molecule has 1 heterocycles. The van der Waals surface area contributed by atoms with Crippen molar-refractivity contribution in [3.63, 3.8) is 0 Å². The average molecular weight is 377 g/mol. The molecule has 0 aliphatic rings. The van der Waals surface area contributed by atoms with Gasteiger partial charge in [-0.25, -0.2) is 9.78 Å². The van der Waals surface area contributed by atoms with E-state index in [4.69, 9.17) is 4.74 Å². The molecular weight excluding hydrogens is 365 g/mol. The maximum absolute atomic E-state index is 12.9. The summed E-state index contributed by atoms with van der Waals surface area (Å²) in [7, 11) is 0. The number of halogens is 4. The van der Waals surface area contributed by atoms with Crippen molar-refractivity contribution in [1.82, 2.24) is 9.97 Å². The Hall–Kier alpha value is -1.83. The smallest absolute Gasteiger partial charge is 0.416 e. The minimum absolute atomic E-state index is 0.0605. The van der Waals surface area contributed by atoms with Gasteiger partial charge in [0.25, 0.3) is 0 Å². The first-order valence-electron chi connectivity index (χ1n) is 6.34. The molecule has 0 bridgehead atoms. The van der Waals surface area contributed by atoms with Gasteiger partial charge in [0.2, 0.25) is 0 Å². The molecule has 1 aromatic heterocycles. The van der Waals surface area contributed by atoms with Gasteiger partial charge in [-0.3, -0.25) is 0 Å². The van der Waals surface area contributed by atoms with E-state index in [1.165, 1.54) is 6.07 Å². The molecule has 0 spiro atoms. The number of aromatic amines is 1. The van der Waals surface area contributed by atoms with Crippen LogP contribution in [0.3, 0.4) is 0 Å². The Morgan fingerprint density at radius 3 is 2.64 bits per heavy atom. The van der Waals surface area contributed by atoms with Crippen molar-refractivity contribution in [3.8, 4) is 11.4 Å². The molecule has 0 saturated heterocycles. The molecule has 0 aliphatic carbocycles. The number of benzene rings is 1. The summed E-state index contributed by atoms with van der Waals surface area (Å²) >= 11 is 3.05. The third-order valence-electron chi connectivity index (χ3n) is 2.85. The lowest BCUT2D eigenvalue weighted by molar-refractivity contribution is -0.137. The second-order valence-electron chi connectivity index (χ2n) is 4.51. The number of nitrogens with one attached hydrogen (secondary N) is 1. The number of hydrogen-bond donors (Lipinski definition) is 1. The number of H-pyrrole nitrogens is 1. The monoisotopic (exact) mass is 376 g/mol. The van der Waals surface area contributed by atoms with Crippen LogP contribution in [0.2, 0.25) is 0 Å². The van der Waals surface area contributed by atoms with Crippen LogP contribution >= 0.6 is 15.9 Å². The summed E-state index contributed by atoms with van der Waals surface area (Å²) in [6.07, 6.45) is -4.47. The summed E-state index contributed by atoms with van der Waals surface area (Å²) in [6, 6.07) is 3.44. The summed E-state index contributed by atoms with van der Waals surface area (Å²) in [5.41, 5.74) is -0.0867. The molecule has 0 aliphatic heterocycles. The van der Waals surface area contributed by atoms with Gasteiger partial charge in [0.1, 0.15) is 5.82 Å². The van der Waals surface area contributed by atoms with E-state index >= 15 is 0 Å². The number of carbonyl (C=O) groups excluding carboxylic acids is 1. The average Bonchev–Trinajstić information content (AvgIpc) is 2.79. The van der Waals surface area contributed by atoms with E-state index in [1.807, 2.05) is 0 Å². The lowest BCUT2D eigenvalue weighted by Crippen LogP contribution is -2.06. The molecule has 8 heteroatoms. The van der Waals surface area contributed by atoms with Gasteiger partial charge in [0.15, 0.2) is 5.69 Å². The first-order chi connectivity index (χ1) is 10.2. The summed E-state index contributed by atoms with van der Waals surface area (Å²) in [5, 5.41) is 0. The van der Waals surface area contributed by atoms with Crippen LogP contribution in [-0.4, -0.2) is 22.5 Å². The second-order valence-corrected chi connectivity index (χ2v) is 5.42. The number of aryl methyl sites for hydroxylation is 1. The van der Waals surface area contributed by atoms with E-state index in [0.29, 0.717) is 5.69 Å². The Kier molecular flexibility index (Phi) is 4.60. The number of rotatable bonds is 3. The minimum atomic E-state index is -4.47. The van der Waals surface area contributed by atoms with Crippen LogP contribution < -0.4 is 0 Å². The molecule has 4 nitrogen and oxygen atoms in total. The van der Waals surface area contributed by atoms with E-state index < -0.39 is 17.7 Å². The first-order valence-corrected chi connectivity index (χ1v) is 7.13. The van der Waals surface area contributed by atoms with Crippen molar-refractivity contribution in [2.45, 2.75) is 20.0 Å². The van der Waals surface area contributed by atoms with Crippen molar-refractivity contribution in [2.24, 2.45) is 0 Å². The quantitative estimate of drug-likeness (QED) is 0.810. The standard InChI is InChI=1S/C14H12BrF3N2O2/c1-3-22-13(21)11-7(2)19-12(20-11)8-4-9(14(16,17)18)6-10(15)5-8/h4-6H,3H2,1-2H3,(H,19,20). The van der Waals surface area contributed by atoms with E-state index in [-0.39, 0.29) is 28.2 Å². The van der Waals surface area contributed by atoms with E-state index in [0.717, 1.165) is 12.1 Å². The van der Waals surface area contributed by atoms with Gasteiger partial charge in [-0.1, -0.05) is 15.9 Å². The Labute approximate surface area is 132 Å². The number of ether oxygens (including phenoxy) is 1. The molecule has 2 rings (SSSR count). The number of esters is 1. The molecule has 1 aromatic carbocycles. The first kappa shape index (κ1) is 16.5. The predicted octanol–water partition coefficient (Wildman–Crippen LogP) is 4.34. The number of alkyl halides is 3. The Balaban J connectivity index is 2.47. The van der Waals surface area contributed by atoms with Crippen LogP contribution in [0, 0.1) is 6.92 Å². The molecule has 0 unspecified atom stereocenters. The normalized spacial score (nSPS) is 11.5. The highest BCUT2D eigenvalue weighted by molar-refractivity contribution is 9.10. The molecule has 0 fully saturated rings. The fourth-order valence-electron chi connectivity index (χ4n) is 1.89. The lowest BCUT2D eigenvalue weighted by atomic mass is 10.1. The molecule has 0 radical (unpaired) electrons. The summed E-state index contributed by atoms with van der Waals surface area (Å²) in [4.78, 5) is 18.6. The Morgan fingerprint density at radius 1 is 1.36 bits per heavy atom. The topological polar surface area (TPSA) is 55.0 Å². The third kappa shape index (κ3) is 3.49. The Morgan fingerprint density at radius 2 is 2.05 bits per heavy atom. The zero-order chi connectivity index (χ0) is 16.5. The zero-order valence-electron chi connectivity index (χ0n) is 11.7. The number of aromatic nitrogens is 2. The molecule has 0 atom stereocenters. The minimum Gasteiger partial charge on any atom is -0.461 e. The zero-order valence-corrected chi connectivity index (χ0v) is 13.3. The molecule has 2 aromatic rings. The van der Waals surface area contributed by atoms with Gasteiger partial charge in [-0.15, -0.1) is 0 Å². The van der Waals surface area contributed by atoms with Crippen molar-refractivity contribution < 1.29 is 22.7 Å². The highest BCUT2D eigenvalue weighted by Crippen LogP contribution is 2.34. The van der Waals surface area contributed by atoms with Crippen molar-refractivity contribution in [3.05, 3.63) is 39.6 Å². The van der Waals surface area contributed by atoms with Crippen LogP contribution in [0.5, 0.6) is 0 Å². The molecular formula is C14H12BrF3N2O2. The van der Waals surface area contributed by atoms with Crippen molar-refractivity contribution >= 4 is 21.9 Å². The van der Waals surface area contributed by atoms with Crippen LogP contribution in [0.4, 0.5) is 13.2 Å². The SMILES string of the molecule is CCOC(=O)c1nc(-c2cc(Br)cc(C(F)(F)F)c2)[nH]c1C. The highest BCUT2D eigenvalue weighted by atomic mass is 79.9. The number of nitrogens with zero attached hydrogens (tertiary/aromatic N) is 1.